The summed E-state index contributed by atoms with van der Waals surface area (Å²) < 4.78 is 5.31. The highest BCUT2D eigenvalue weighted by Crippen LogP contribution is 2.37. The number of esters is 1. The highest BCUT2D eigenvalue weighted by molar-refractivity contribution is 5.81. The van der Waals surface area contributed by atoms with Gasteiger partial charge < -0.3 is 10.1 Å². The van der Waals surface area contributed by atoms with Crippen molar-refractivity contribution >= 4 is 5.97 Å². The third-order valence-corrected chi connectivity index (χ3v) is 5.40. The van der Waals surface area contributed by atoms with Crippen LogP contribution in [0.4, 0.5) is 0 Å². The lowest BCUT2D eigenvalue weighted by molar-refractivity contribution is -0.151. The molecular formula is C17H32N2O2. The van der Waals surface area contributed by atoms with E-state index in [0.717, 1.165) is 25.3 Å². The van der Waals surface area contributed by atoms with Crippen molar-refractivity contribution in [2.45, 2.75) is 82.8 Å². The van der Waals surface area contributed by atoms with Gasteiger partial charge in [-0.05, 0) is 59.0 Å². The number of piperidine rings is 1. The van der Waals surface area contributed by atoms with Crippen molar-refractivity contribution in [2.75, 3.05) is 20.2 Å². The van der Waals surface area contributed by atoms with Gasteiger partial charge >= 0.3 is 5.97 Å². The van der Waals surface area contributed by atoms with Crippen molar-refractivity contribution in [3.8, 4) is 0 Å². The number of carbonyl (C=O) groups excluding carboxylic acids is 1. The van der Waals surface area contributed by atoms with E-state index in [1.165, 1.54) is 38.6 Å². The first-order chi connectivity index (χ1) is 10.2. The standard InChI is InChI=1S/C17H32N2O2/c1-4-8-14-9-6-7-12-19(14)15-10-11-17(13-15,18-3)16(20)21-5-2/h14-15,18H,4-13H2,1-3H3. The number of rotatable bonds is 6. The number of nitrogens with zero attached hydrogens (tertiary/aromatic N) is 1. The molecule has 0 bridgehead atoms. The minimum absolute atomic E-state index is 0.0564. The molecule has 2 rings (SSSR count). The minimum atomic E-state index is -0.450. The van der Waals surface area contributed by atoms with Crippen LogP contribution in [-0.2, 0) is 9.53 Å². The summed E-state index contributed by atoms with van der Waals surface area (Å²) >= 11 is 0. The van der Waals surface area contributed by atoms with Crippen LogP contribution in [0.2, 0.25) is 0 Å². The highest BCUT2D eigenvalue weighted by atomic mass is 16.5. The van der Waals surface area contributed by atoms with Crippen molar-refractivity contribution in [2.24, 2.45) is 0 Å². The Labute approximate surface area is 129 Å². The Kier molecular flexibility index (Phi) is 6.06. The molecule has 0 aromatic rings. The molecule has 0 amide bonds. The zero-order valence-corrected chi connectivity index (χ0v) is 14.0. The lowest BCUT2D eigenvalue weighted by Crippen LogP contribution is -2.52. The molecule has 1 aliphatic heterocycles. The monoisotopic (exact) mass is 296 g/mol. The SMILES string of the molecule is CCCC1CCCCN1C1CCC(NC)(C(=O)OCC)C1. The highest BCUT2D eigenvalue weighted by Gasteiger charge is 2.47. The van der Waals surface area contributed by atoms with Crippen molar-refractivity contribution < 1.29 is 9.53 Å². The second-order valence-corrected chi connectivity index (χ2v) is 6.63. The molecule has 3 atom stereocenters. The van der Waals surface area contributed by atoms with Gasteiger partial charge in [0.05, 0.1) is 6.61 Å². The summed E-state index contributed by atoms with van der Waals surface area (Å²) in [5.74, 6) is -0.0564. The lowest BCUT2D eigenvalue weighted by Gasteiger charge is -2.40. The average Bonchev–Trinajstić information content (AvgIpc) is 2.94. The average molecular weight is 296 g/mol. The summed E-state index contributed by atoms with van der Waals surface area (Å²) in [7, 11) is 1.90. The summed E-state index contributed by atoms with van der Waals surface area (Å²) in [6.07, 6.45) is 9.47. The molecule has 2 aliphatic rings. The molecule has 4 heteroatoms. The van der Waals surface area contributed by atoms with Gasteiger partial charge in [-0.3, -0.25) is 9.69 Å². The van der Waals surface area contributed by atoms with Gasteiger partial charge in [-0.25, -0.2) is 0 Å². The molecule has 3 unspecified atom stereocenters. The molecule has 21 heavy (non-hydrogen) atoms. The Morgan fingerprint density at radius 2 is 2.14 bits per heavy atom. The quantitative estimate of drug-likeness (QED) is 0.765. The van der Waals surface area contributed by atoms with E-state index in [1.807, 2.05) is 14.0 Å². The normalized spacial score (nSPS) is 34.0. The summed E-state index contributed by atoms with van der Waals surface area (Å²) in [5.41, 5.74) is -0.450. The molecule has 0 aromatic carbocycles. The first-order valence-corrected chi connectivity index (χ1v) is 8.78. The molecular weight excluding hydrogens is 264 g/mol. The van der Waals surface area contributed by atoms with Crippen LogP contribution in [0.25, 0.3) is 0 Å². The van der Waals surface area contributed by atoms with E-state index in [2.05, 4.69) is 17.1 Å². The maximum Gasteiger partial charge on any atom is 0.326 e. The maximum absolute atomic E-state index is 12.3. The fraction of sp³-hybridized carbons (Fsp3) is 0.941. The van der Waals surface area contributed by atoms with Crippen LogP contribution in [0, 0.1) is 0 Å². The summed E-state index contributed by atoms with van der Waals surface area (Å²) in [4.78, 5) is 15.0. The summed E-state index contributed by atoms with van der Waals surface area (Å²) in [6, 6.07) is 1.27. The first-order valence-electron chi connectivity index (χ1n) is 8.78. The maximum atomic E-state index is 12.3. The number of likely N-dealkylation sites (tertiary alicyclic amines) is 1. The smallest absolute Gasteiger partial charge is 0.326 e. The number of carbonyl (C=O) groups is 1. The first kappa shape index (κ1) is 16.8. The van der Waals surface area contributed by atoms with Crippen molar-refractivity contribution in [3.05, 3.63) is 0 Å². The predicted octanol–water partition coefficient (Wildman–Crippen LogP) is 2.71. The second kappa shape index (κ2) is 7.59. The molecule has 1 saturated carbocycles. The number of ether oxygens (including phenoxy) is 1. The van der Waals surface area contributed by atoms with Crippen LogP contribution in [0.3, 0.4) is 0 Å². The Balaban J connectivity index is 2.03. The van der Waals surface area contributed by atoms with E-state index in [1.54, 1.807) is 0 Å². The number of hydrogen-bond acceptors (Lipinski definition) is 4. The fourth-order valence-corrected chi connectivity index (χ4v) is 4.23. The van der Waals surface area contributed by atoms with Gasteiger partial charge in [0.15, 0.2) is 0 Å². The predicted molar refractivity (Wildman–Crippen MR) is 85.3 cm³/mol. The van der Waals surface area contributed by atoms with Crippen LogP contribution < -0.4 is 5.32 Å². The second-order valence-electron chi connectivity index (χ2n) is 6.63. The zero-order chi connectivity index (χ0) is 15.3. The molecule has 0 radical (unpaired) electrons. The third-order valence-electron chi connectivity index (χ3n) is 5.40. The van der Waals surface area contributed by atoms with E-state index in [9.17, 15) is 4.79 Å². The Hall–Kier alpha value is -0.610. The Morgan fingerprint density at radius 3 is 2.81 bits per heavy atom. The molecule has 0 aromatic heterocycles. The zero-order valence-electron chi connectivity index (χ0n) is 14.0. The fourth-order valence-electron chi connectivity index (χ4n) is 4.23. The van der Waals surface area contributed by atoms with E-state index < -0.39 is 5.54 Å². The van der Waals surface area contributed by atoms with Crippen molar-refractivity contribution in [1.82, 2.24) is 10.2 Å². The molecule has 122 valence electrons. The van der Waals surface area contributed by atoms with Gasteiger partial charge in [0.2, 0.25) is 0 Å². The van der Waals surface area contributed by atoms with Crippen LogP contribution in [0.1, 0.15) is 65.2 Å². The van der Waals surface area contributed by atoms with Crippen LogP contribution in [-0.4, -0.2) is 48.7 Å². The molecule has 4 nitrogen and oxygen atoms in total. The van der Waals surface area contributed by atoms with Gasteiger partial charge in [0.25, 0.3) is 0 Å². The van der Waals surface area contributed by atoms with Gasteiger partial charge in [0.1, 0.15) is 5.54 Å². The van der Waals surface area contributed by atoms with Gasteiger partial charge in [-0.1, -0.05) is 19.8 Å². The number of nitrogens with one attached hydrogen (secondary N) is 1. The van der Waals surface area contributed by atoms with E-state index in [4.69, 9.17) is 4.74 Å². The molecule has 2 fully saturated rings. The summed E-state index contributed by atoms with van der Waals surface area (Å²) in [6.45, 7) is 5.83. The lowest BCUT2D eigenvalue weighted by atomic mass is 9.94. The Bertz CT molecular complexity index is 346. The molecule has 1 heterocycles. The van der Waals surface area contributed by atoms with Gasteiger partial charge in [-0.2, -0.15) is 0 Å². The van der Waals surface area contributed by atoms with E-state index in [0.29, 0.717) is 12.6 Å². The number of likely N-dealkylation sites (N-methyl/N-ethyl adjacent to an activating group) is 1. The molecule has 1 saturated heterocycles. The van der Waals surface area contributed by atoms with Crippen LogP contribution in [0.5, 0.6) is 0 Å². The van der Waals surface area contributed by atoms with Crippen LogP contribution >= 0.6 is 0 Å². The molecule has 0 spiro atoms. The van der Waals surface area contributed by atoms with Crippen molar-refractivity contribution in [1.29, 1.82) is 0 Å². The van der Waals surface area contributed by atoms with Crippen LogP contribution in [0.15, 0.2) is 0 Å². The van der Waals surface area contributed by atoms with Gasteiger partial charge in [0, 0.05) is 12.1 Å². The molecule has 1 aliphatic carbocycles. The third kappa shape index (κ3) is 3.59. The van der Waals surface area contributed by atoms with Crippen molar-refractivity contribution in [3.63, 3.8) is 0 Å². The van der Waals surface area contributed by atoms with E-state index in [-0.39, 0.29) is 5.97 Å². The number of hydrogen-bond donors (Lipinski definition) is 1. The summed E-state index contributed by atoms with van der Waals surface area (Å²) in [5, 5.41) is 3.28. The van der Waals surface area contributed by atoms with Gasteiger partial charge in [-0.15, -0.1) is 0 Å². The minimum Gasteiger partial charge on any atom is -0.465 e. The largest absolute Gasteiger partial charge is 0.465 e. The topological polar surface area (TPSA) is 41.6 Å². The Morgan fingerprint density at radius 1 is 1.33 bits per heavy atom. The molecule has 1 N–H and O–H groups in total. The van der Waals surface area contributed by atoms with E-state index >= 15 is 0 Å².